The normalized spacial score (nSPS) is 11.3. The molecule has 0 fully saturated rings. The average molecular weight is 522 g/mol. The summed E-state index contributed by atoms with van der Waals surface area (Å²) < 4.78 is 12.3. The maximum atomic E-state index is 12.5. The van der Waals surface area contributed by atoms with Crippen molar-refractivity contribution in [2.24, 2.45) is 5.10 Å². The number of amides is 1. The number of nitrogens with zero attached hydrogens (tertiary/aromatic N) is 4. The first-order chi connectivity index (χ1) is 17.5. The van der Waals surface area contributed by atoms with Crippen LogP contribution in [-0.2, 0) is 4.79 Å². The summed E-state index contributed by atoms with van der Waals surface area (Å²) in [5, 5.41) is 14.1. The van der Waals surface area contributed by atoms with Gasteiger partial charge in [-0.25, -0.2) is 5.43 Å². The van der Waals surface area contributed by atoms with E-state index < -0.39 is 0 Å². The molecule has 0 spiro atoms. The molecule has 0 unspecified atom stereocenters. The van der Waals surface area contributed by atoms with Gasteiger partial charge in [0, 0.05) is 16.3 Å². The molecule has 1 amide bonds. The Morgan fingerprint density at radius 3 is 2.17 bits per heavy atom. The van der Waals surface area contributed by atoms with Crippen molar-refractivity contribution in [3.63, 3.8) is 0 Å². The van der Waals surface area contributed by atoms with Crippen molar-refractivity contribution in [1.82, 2.24) is 20.2 Å². The van der Waals surface area contributed by atoms with Gasteiger partial charge in [-0.3, -0.25) is 9.36 Å². The predicted molar refractivity (Wildman–Crippen MR) is 142 cm³/mol. The second-order valence-electron chi connectivity index (χ2n) is 7.60. The number of hydrogen-bond donors (Lipinski definition) is 1. The van der Waals surface area contributed by atoms with Gasteiger partial charge in [0.2, 0.25) is 0 Å². The fraction of sp³-hybridized carbons (Fsp3) is 0.154. The number of hydrogen-bond acceptors (Lipinski definition) is 7. The standard InChI is InChI=1S/C26H24ClN5O3S/c1-17(18-4-12-22(34-2)13-5-18)28-29-24(33)16-36-26-31-30-25(19-6-14-23(35-3)15-7-19)32(26)21-10-8-20(27)9-11-21/h4-15H,16H2,1-3H3,(H,29,33)/b28-17-. The number of carbonyl (C=O) groups excluding carboxylic acids is 1. The van der Waals surface area contributed by atoms with Gasteiger partial charge < -0.3 is 9.47 Å². The molecule has 0 saturated heterocycles. The Kier molecular flexibility index (Phi) is 8.24. The number of hydrazone groups is 1. The number of thioether (sulfide) groups is 1. The van der Waals surface area contributed by atoms with Gasteiger partial charge in [-0.15, -0.1) is 10.2 Å². The number of ether oxygens (including phenoxy) is 2. The maximum Gasteiger partial charge on any atom is 0.250 e. The van der Waals surface area contributed by atoms with E-state index in [0.717, 1.165) is 28.3 Å². The van der Waals surface area contributed by atoms with Gasteiger partial charge in [0.25, 0.3) is 5.91 Å². The molecular weight excluding hydrogens is 498 g/mol. The number of halogens is 1. The minimum atomic E-state index is -0.260. The van der Waals surface area contributed by atoms with E-state index in [-0.39, 0.29) is 11.7 Å². The summed E-state index contributed by atoms with van der Waals surface area (Å²) >= 11 is 7.36. The van der Waals surface area contributed by atoms with Gasteiger partial charge in [0.05, 0.1) is 25.7 Å². The molecule has 0 bridgehead atoms. The van der Waals surface area contributed by atoms with E-state index in [2.05, 4.69) is 20.7 Å². The molecular formula is C26H24ClN5O3S. The lowest BCUT2D eigenvalue weighted by Gasteiger charge is -2.11. The number of nitrogens with one attached hydrogen (secondary N) is 1. The maximum absolute atomic E-state index is 12.5. The fourth-order valence-electron chi connectivity index (χ4n) is 3.32. The SMILES string of the molecule is COc1ccc(/C(C)=N\NC(=O)CSc2nnc(-c3ccc(OC)cc3)n2-c2ccc(Cl)cc2)cc1. The van der Waals surface area contributed by atoms with E-state index in [9.17, 15) is 4.79 Å². The van der Waals surface area contributed by atoms with Crippen LogP contribution in [0.1, 0.15) is 12.5 Å². The number of rotatable bonds is 9. The van der Waals surface area contributed by atoms with Crippen LogP contribution in [0, 0.1) is 0 Å². The predicted octanol–water partition coefficient (Wildman–Crippen LogP) is 5.24. The topological polar surface area (TPSA) is 90.6 Å². The average Bonchev–Trinajstić information content (AvgIpc) is 3.35. The Morgan fingerprint density at radius 1 is 0.944 bits per heavy atom. The van der Waals surface area contributed by atoms with Gasteiger partial charge in [-0.1, -0.05) is 23.4 Å². The molecule has 0 aliphatic carbocycles. The van der Waals surface area contributed by atoms with Crippen molar-refractivity contribution in [3.8, 4) is 28.6 Å². The van der Waals surface area contributed by atoms with Crippen molar-refractivity contribution < 1.29 is 14.3 Å². The quantitative estimate of drug-likeness (QED) is 0.184. The number of aromatic nitrogens is 3. The lowest BCUT2D eigenvalue weighted by atomic mass is 10.1. The zero-order valence-corrected chi connectivity index (χ0v) is 21.5. The summed E-state index contributed by atoms with van der Waals surface area (Å²) in [6.07, 6.45) is 0. The highest BCUT2D eigenvalue weighted by molar-refractivity contribution is 7.99. The molecule has 0 aliphatic rings. The lowest BCUT2D eigenvalue weighted by molar-refractivity contribution is -0.118. The highest BCUT2D eigenvalue weighted by Gasteiger charge is 2.17. The van der Waals surface area contributed by atoms with E-state index in [4.69, 9.17) is 21.1 Å². The molecule has 10 heteroatoms. The second-order valence-corrected chi connectivity index (χ2v) is 8.97. The van der Waals surface area contributed by atoms with E-state index >= 15 is 0 Å². The Hall–Kier alpha value is -3.82. The van der Waals surface area contributed by atoms with Crippen LogP contribution in [0.2, 0.25) is 5.02 Å². The fourth-order valence-corrected chi connectivity index (χ4v) is 4.19. The van der Waals surface area contributed by atoms with E-state index in [0.29, 0.717) is 21.7 Å². The summed E-state index contributed by atoms with van der Waals surface area (Å²) in [4.78, 5) is 12.5. The van der Waals surface area contributed by atoms with Gasteiger partial charge in [-0.05, 0) is 85.3 Å². The molecule has 0 radical (unpaired) electrons. The molecule has 1 N–H and O–H groups in total. The zero-order valence-electron chi connectivity index (χ0n) is 19.9. The first kappa shape index (κ1) is 25.3. The summed E-state index contributed by atoms with van der Waals surface area (Å²) in [5.74, 6) is 1.98. The van der Waals surface area contributed by atoms with Crippen LogP contribution in [-0.4, -0.2) is 46.4 Å². The van der Waals surface area contributed by atoms with Crippen molar-refractivity contribution in [2.45, 2.75) is 12.1 Å². The Labute approximate surface area is 218 Å². The van der Waals surface area contributed by atoms with Crippen LogP contribution in [0.4, 0.5) is 0 Å². The number of benzene rings is 3. The van der Waals surface area contributed by atoms with Crippen LogP contribution in [0.3, 0.4) is 0 Å². The minimum Gasteiger partial charge on any atom is -0.497 e. The Morgan fingerprint density at radius 2 is 1.56 bits per heavy atom. The van der Waals surface area contributed by atoms with Crippen LogP contribution in [0.5, 0.6) is 11.5 Å². The van der Waals surface area contributed by atoms with Crippen LogP contribution < -0.4 is 14.9 Å². The first-order valence-corrected chi connectivity index (χ1v) is 12.3. The summed E-state index contributed by atoms with van der Waals surface area (Å²) in [7, 11) is 3.23. The smallest absolute Gasteiger partial charge is 0.250 e. The van der Waals surface area contributed by atoms with Gasteiger partial charge in [0.15, 0.2) is 11.0 Å². The highest BCUT2D eigenvalue weighted by atomic mass is 35.5. The monoisotopic (exact) mass is 521 g/mol. The molecule has 1 heterocycles. The molecule has 184 valence electrons. The molecule has 4 rings (SSSR count). The highest BCUT2D eigenvalue weighted by Crippen LogP contribution is 2.29. The third-order valence-corrected chi connectivity index (χ3v) is 6.44. The number of carbonyl (C=O) groups is 1. The Bertz CT molecular complexity index is 1350. The van der Waals surface area contributed by atoms with Crippen molar-refractivity contribution in [2.75, 3.05) is 20.0 Å². The van der Waals surface area contributed by atoms with Crippen LogP contribution >= 0.6 is 23.4 Å². The summed E-state index contributed by atoms with van der Waals surface area (Å²) in [6.45, 7) is 1.83. The van der Waals surface area contributed by atoms with E-state index in [1.807, 2.05) is 72.2 Å². The largest absolute Gasteiger partial charge is 0.497 e. The van der Waals surface area contributed by atoms with Gasteiger partial charge >= 0.3 is 0 Å². The molecule has 0 aliphatic heterocycles. The third-order valence-electron chi connectivity index (χ3n) is 5.25. The number of methoxy groups -OCH3 is 2. The molecule has 8 nitrogen and oxygen atoms in total. The molecule has 0 saturated carbocycles. The van der Waals surface area contributed by atoms with Gasteiger partial charge in [-0.2, -0.15) is 5.10 Å². The molecule has 1 aromatic heterocycles. The second kappa shape index (κ2) is 11.7. The minimum absolute atomic E-state index is 0.105. The van der Waals surface area contributed by atoms with Crippen molar-refractivity contribution in [3.05, 3.63) is 83.4 Å². The molecule has 4 aromatic rings. The Balaban J connectivity index is 1.51. The van der Waals surface area contributed by atoms with E-state index in [1.54, 1.807) is 26.4 Å². The van der Waals surface area contributed by atoms with Crippen molar-refractivity contribution in [1.29, 1.82) is 0 Å². The van der Waals surface area contributed by atoms with E-state index in [1.165, 1.54) is 11.8 Å². The molecule has 3 aromatic carbocycles. The molecule has 36 heavy (non-hydrogen) atoms. The van der Waals surface area contributed by atoms with Gasteiger partial charge in [0.1, 0.15) is 11.5 Å². The van der Waals surface area contributed by atoms with Crippen molar-refractivity contribution >= 4 is 35.0 Å². The summed E-state index contributed by atoms with van der Waals surface area (Å²) in [5.41, 5.74) is 5.85. The lowest BCUT2D eigenvalue weighted by Crippen LogP contribution is -2.21. The third kappa shape index (κ3) is 6.05. The van der Waals surface area contributed by atoms with Crippen LogP contribution in [0.15, 0.2) is 83.1 Å². The summed E-state index contributed by atoms with van der Waals surface area (Å²) in [6, 6.07) is 22.4. The molecule has 0 atom stereocenters. The van der Waals surface area contributed by atoms with Crippen LogP contribution in [0.25, 0.3) is 17.1 Å². The first-order valence-electron chi connectivity index (χ1n) is 10.9. The zero-order chi connectivity index (χ0) is 25.5.